The normalized spacial score (nSPS) is 18.5. The van der Waals surface area contributed by atoms with Crippen LogP contribution in [-0.2, 0) is 14.8 Å². The molecule has 10 heteroatoms. The first-order valence-electron chi connectivity index (χ1n) is 11.0. The van der Waals surface area contributed by atoms with Gasteiger partial charge in [-0.3, -0.25) is 4.79 Å². The Labute approximate surface area is 196 Å². The molecule has 0 bridgehead atoms. The number of ether oxygens (including phenoxy) is 2. The Balaban J connectivity index is 1.18. The van der Waals surface area contributed by atoms with Crippen LogP contribution in [0.25, 0.3) is 10.2 Å². The number of amides is 1. The maximum atomic E-state index is 12.9. The minimum absolute atomic E-state index is 0.0238. The zero-order valence-electron chi connectivity index (χ0n) is 18.1. The van der Waals surface area contributed by atoms with Crippen molar-refractivity contribution in [3.8, 4) is 5.19 Å². The van der Waals surface area contributed by atoms with Crippen molar-refractivity contribution in [1.29, 1.82) is 0 Å². The summed E-state index contributed by atoms with van der Waals surface area (Å²) in [6, 6.07) is 14.2. The standard InChI is InChI=1S/C23H25N3O5S2/c27-22(17-5-7-19(8-6-17)33(28,29)26-13-15-30-16-14-26)25-11-9-18(10-12-25)31-23-24-20-3-1-2-4-21(20)32-23/h1-8,18H,9-16H2. The van der Waals surface area contributed by atoms with Crippen molar-refractivity contribution >= 4 is 37.5 Å². The van der Waals surface area contributed by atoms with Crippen LogP contribution in [0.5, 0.6) is 5.19 Å². The van der Waals surface area contributed by atoms with Crippen LogP contribution in [0.2, 0.25) is 0 Å². The Kier molecular flexibility index (Phi) is 6.33. The Hall–Kier alpha value is -2.53. The number of carbonyl (C=O) groups is 1. The van der Waals surface area contributed by atoms with Crippen LogP contribution in [0.4, 0.5) is 0 Å². The van der Waals surface area contributed by atoms with Gasteiger partial charge >= 0.3 is 0 Å². The summed E-state index contributed by atoms with van der Waals surface area (Å²) >= 11 is 1.53. The molecular formula is C23H25N3O5S2. The number of likely N-dealkylation sites (tertiary alicyclic amines) is 1. The third-order valence-electron chi connectivity index (χ3n) is 5.98. The lowest BCUT2D eigenvalue weighted by Gasteiger charge is -2.31. The van der Waals surface area contributed by atoms with Crippen LogP contribution in [-0.4, -0.2) is 74.0 Å². The minimum atomic E-state index is -3.57. The number of hydrogen-bond acceptors (Lipinski definition) is 7. The van der Waals surface area contributed by atoms with E-state index in [4.69, 9.17) is 9.47 Å². The number of para-hydroxylation sites is 1. The fourth-order valence-electron chi connectivity index (χ4n) is 4.11. The Morgan fingerprint density at radius 2 is 1.70 bits per heavy atom. The van der Waals surface area contributed by atoms with E-state index in [1.165, 1.54) is 27.8 Å². The summed E-state index contributed by atoms with van der Waals surface area (Å²) in [5.41, 5.74) is 1.42. The van der Waals surface area contributed by atoms with Crippen molar-refractivity contribution in [2.24, 2.45) is 0 Å². The molecule has 0 N–H and O–H groups in total. The van der Waals surface area contributed by atoms with E-state index in [0.29, 0.717) is 50.1 Å². The third kappa shape index (κ3) is 4.74. The molecule has 0 spiro atoms. The monoisotopic (exact) mass is 487 g/mol. The van der Waals surface area contributed by atoms with Crippen LogP contribution in [0, 0.1) is 0 Å². The maximum Gasteiger partial charge on any atom is 0.274 e. The predicted molar refractivity (Wildman–Crippen MR) is 125 cm³/mol. The van der Waals surface area contributed by atoms with Gasteiger partial charge in [-0.05, 0) is 36.4 Å². The summed E-state index contributed by atoms with van der Waals surface area (Å²) in [6.45, 7) is 2.65. The van der Waals surface area contributed by atoms with Gasteiger partial charge < -0.3 is 14.4 Å². The highest BCUT2D eigenvalue weighted by Gasteiger charge is 2.28. The Bertz CT molecular complexity index is 1200. The second-order valence-corrected chi connectivity index (χ2v) is 11.0. The second kappa shape index (κ2) is 9.38. The molecular weight excluding hydrogens is 462 g/mol. The molecule has 0 atom stereocenters. The smallest absolute Gasteiger partial charge is 0.274 e. The van der Waals surface area contributed by atoms with E-state index in [-0.39, 0.29) is 16.9 Å². The van der Waals surface area contributed by atoms with Gasteiger partial charge in [0.15, 0.2) is 0 Å². The van der Waals surface area contributed by atoms with Crippen molar-refractivity contribution in [1.82, 2.24) is 14.2 Å². The average molecular weight is 488 g/mol. The molecule has 1 amide bonds. The summed E-state index contributed by atoms with van der Waals surface area (Å²) in [5, 5.41) is 0.665. The molecule has 2 aliphatic heterocycles. The Morgan fingerprint density at radius 1 is 1.00 bits per heavy atom. The van der Waals surface area contributed by atoms with E-state index < -0.39 is 10.0 Å². The number of thiazole rings is 1. The molecule has 2 saturated heterocycles. The number of morpholine rings is 1. The van der Waals surface area contributed by atoms with Gasteiger partial charge in [0, 0.05) is 44.6 Å². The fourth-order valence-corrected chi connectivity index (χ4v) is 6.40. The zero-order chi connectivity index (χ0) is 22.8. The first kappa shape index (κ1) is 22.3. The van der Waals surface area contributed by atoms with Gasteiger partial charge in [-0.1, -0.05) is 23.5 Å². The molecule has 33 heavy (non-hydrogen) atoms. The molecule has 0 radical (unpaired) electrons. The van der Waals surface area contributed by atoms with Gasteiger partial charge in [0.2, 0.25) is 10.0 Å². The summed E-state index contributed by atoms with van der Waals surface area (Å²) in [4.78, 5) is 19.5. The van der Waals surface area contributed by atoms with Crippen molar-refractivity contribution in [3.63, 3.8) is 0 Å². The van der Waals surface area contributed by atoms with E-state index in [9.17, 15) is 13.2 Å². The minimum Gasteiger partial charge on any atom is -0.467 e. The van der Waals surface area contributed by atoms with Crippen molar-refractivity contribution < 1.29 is 22.7 Å². The lowest BCUT2D eigenvalue weighted by Crippen LogP contribution is -2.42. The molecule has 0 aliphatic carbocycles. The number of rotatable bonds is 5. The van der Waals surface area contributed by atoms with E-state index in [2.05, 4.69) is 4.98 Å². The molecule has 8 nitrogen and oxygen atoms in total. The van der Waals surface area contributed by atoms with Crippen LogP contribution >= 0.6 is 11.3 Å². The third-order valence-corrected chi connectivity index (χ3v) is 8.82. The average Bonchev–Trinajstić information content (AvgIpc) is 3.27. The molecule has 1 aromatic heterocycles. The molecule has 174 valence electrons. The highest BCUT2D eigenvalue weighted by Crippen LogP contribution is 2.29. The van der Waals surface area contributed by atoms with Gasteiger partial charge in [-0.15, -0.1) is 0 Å². The summed E-state index contributed by atoms with van der Waals surface area (Å²) in [6.07, 6.45) is 1.48. The molecule has 5 rings (SSSR count). The molecule has 0 unspecified atom stereocenters. The van der Waals surface area contributed by atoms with Crippen molar-refractivity contribution in [3.05, 3.63) is 54.1 Å². The van der Waals surface area contributed by atoms with Crippen LogP contribution in [0.15, 0.2) is 53.4 Å². The number of hydrogen-bond donors (Lipinski definition) is 0. The van der Waals surface area contributed by atoms with Crippen LogP contribution in [0.1, 0.15) is 23.2 Å². The number of nitrogens with zero attached hydrogens (tertiary/aromatic N) is 3. The summed E-state index contributed by atoms with van der Waals surface area (Å²) < 4.78 is 39.4. The van der Waals surface area contributed by atoms with E-state index in [1.807, 2.05) is 24.3 Å². The molecule has 2 aromatic carbocycles. The van der Waals surface area contributed by atoms with Crippen LogP contribution < -0.4 is 4.74 Å². The molecule has 0 saturated carbocycles. The van der Waals surface area contributed by atoms with E-state index in [0.717, 1.165) is 23.1 Å². The van der Waals surface area contributed by atoms with Gasteiger partial charge in [-0.2, -0.15) is 4.31 Å². The number of carbonyl (C=O) groups excluding carboxylic acids is 1. The van der Waals surface area contributed by atoms with E-state index in [1.54, 1.807) is 17.0 Å². The number of piperidine rings is 1. The number of benzene rings is 2. The van der Waals surface area contributed by atoms with Crippen molar-refractivity contribution in [2.75, 3.05) is 39.4 Å². The summed E-state index contributed by atoms with van der Waals surface area (Å²) in [5.74, 6) is -0.0937. The topological polar surface area (TPSA) is 89.0 Å². The predicted octanol–water partition coefficient (Wildman–Crippen LogP) is 3.00. The largest absolute Gasteiger partial charge is 0.467 e. The highest BCUT2D eigenvalue weighted by atomic mass is 32.2. The molecule has 3 heterocycles. The van der Waals surface area contributed by atoms with Crippen molar-refractivity contribution in [2.45, 2.75) is 23.8 Å². The van der Waals surface area contributed by atoms with Gasteiger partial charge in [0.05, 0.1) is 28.3 Å². The SMILES string of the molecule is O=C(c1ccc(S(=O)(=O)N2CCOCC2)cc1)N1CCC(Oc2nc3ccccc3s2)CC1. The van der Waals surface area contributed by atoms with Gasteiger partial charge in [-0.25, -0.2) is 13.4 Å². The van der Waals surface area contributed by atoms with E-state index >= 15 is 0 Å². The Morgan fingerprint density at radius 3 is 2.39 bits per heavy atom. The first-order valence-corrected chi connectivity index (χ1v) is 13.3. The molecule has 3 aromatic rings. The van der Waals surface area contributed by atoms with Gasteiger partial charge in [0.25, 0.3) is 11.1 Å². The zero-order valence-corrected chi connectivity index (χ0v) is 19.7. The molecule has 2 fully saturated rings. The maximum absolute atomic E-state index is 12.9. The number of sulfonamides is 1. The van der Waals surface area contributed by atoms with Crippen LogP contribution in [0.3, 0.4) is 0 Å². The number of aromatic nitrogens is 1. The highest BCUT2D eigenvalue weighted by molar-refractivity contribution is 7.89. The fraction of sp³-hybridized carbons (Fsp3) is 0.391. The first-order chi connectivity index (χ1) is 16.0. The quantitative estimate of drug-likeness (QED) is 0.550. The lowest BCUT2D eigenvalue weighted by molar-refractivity contribution is 0.0595. The van der Waals surface area contributed by atoms with Gasteiger partial charge in [0.1, 0.15) is 6.10 Å². The second-order valence-electron chi connectivity index (χ2n) is 8.10. The molecule has 2 aliphatic rings. The summed E-state index contributed by atoms with van der Waals surface area (Å²) in [7, 11) is -3.57. The lowest BCUT2D eigenvalue weighted by atomic mass is 10.1. The number of fused-ring (bicyclic) bond motifs is 1.